The third kappa shape index (κ3) is 3.44. The largest absolute Gasteiger partial charge is 0.300 e. The molecule has 18 heavy (non-hydrogen) atoms. The van der Waals surface area contributed by atoms with Crippen molar-refractivity contribution in [2.24, 2.45) is 11.8 Å². The summed E-state index contributed by atoms with van der Waals surface area (Å²) in [5.74, 6) is 1.68. The van der Waals surface area contributed by atoms with Crippen molar-refractivity contribution in [2.45, 2.75) is 58.9 Å². The molecule has 0 aliphatic carbocycles. The maximum absolute atomic E-state index is 11.0. The number of Topliss-reactive ketones (excluding diaryl/α,β-unsaturated/α-hetero) is 1. The number of nitrogens with zero attached hydrogens (tertiary/aromatic N) is 1. The molecule has 0 aromatic rings. The van der Waals surface area contributed by atoms with E-state index in [-0.39, 0.29) is 0 Å². The van der Waals surface area contributed by atoms with Gasteiger partial charge in [-0.25, -0.2) is 0 Å². The van der Waals surface area contributed by atoms with Crippen LogP contribution in [-0.2, 0) is 4.79 Å². The molecule has 0 saturated carbocycles. The molecule has 2 nitrogen and oxygen atoms in total. The summed E-state index contributed by atoms with van der Waals surface area (Å²) in [6.07, 6.45) is 8.22. The Morgan fingerprint density at radius 3 is 3.06 bits per heavy atom. The van der Waals surface area contributed by atoms with Crippen LogP contribution in [-0.4, -0.2) is 29.8 Å². The number of hydrogen-bond acceptors (Lipinski definition) is 2. The molecule has 0 aromatic carbocycles. The number of carbonyl (C=O) groups is 1. The molecule has 2 heteroatoms. The molecule has 2 fully saturated rings. The first-order valence-corrected chi connectivity index (χ1v) is 7.49. The smallest absolute Gasteiger partial charge is 0.129 e. The quantitative estimate of drug-likeness (QED) is 0.712. The Bertz CT molecular complexity index is 334. The minimum atomic E-state index is 0.317. The van der Waals surface area contributed by atoms with Crippen LogP contribution in [0.3, 0.4) is 0 Å². The molecular weight excluding hydrogens is 222 g/mol. The van der Waals surface area contributed by atoms with Crippen molar-refractivity contribution in [2.75, 3.05) is 13.1 Å². The van der Waals surface area contributed by atoms with E-state index in [1.807, 2.05) is 0 Å². The first kappa shape index (κ1) is 13.8. The van der Waals surface area contributed by atoms with Gasteiger partial charge in [-0.15, -0.1) is 0 Å². The Morgan fingerprint density at radius 1 is 1.56 bits per heavy atom. The fourth-order valence-electron chi connectivity index (χ4n) is 3.61. The maximum atomic E-state index is 11.0. The zero-order valence-corrected chi connectivity index (χ0v) is 12.1. The van der Waals surface area contributed by atoms with Crippen molar-refractivity contribution >= 4 is 5.78 Å². The molecule has 0 aromatic heterocycles. The number of carbonyl (C=O) groups excluding carboxylic acids is 1. The normalized spacial score (nSPS) is 32.5. The van der Waals surface area contributed by atoms with Gasteiger partial charge in [0.25, 0.3) is 0 Å². The molecule has 2 aliphatic rings. The third-order valence-electron chi connectivity index (χ3n) is 4.53. The summed E-state index contributed by atoms with van der Waals surface area (Å²) in [4.78, 5) is 13.7. The number of rotatable bonds is 4. The minimum absolute atomic E-state index is 0.317. The average Bonchev–Trinajstić information content (AvgIpc) is 2.75. The highest BCUT2D eigenvalue weighted by Gasteiger charge is 2.33. The van der Waals surface area contributed by atoms with Crippen molar-refractivity contribution in [3.05, 3.63) is 11.6 Å². The highest BCUT2D eigenvalue weighted by molar-refractivity contribution is 5.75. The van der Waals surface area contributed by atoms with Gasteiger partial charge in [-0.05, 0) is 51.0 Å². The van der Waals surface area contributed by atoms with Crippen molar-refractivity contribution in [3.63, 3.8) is 0 Å². The van der Waals surface area contributed by atoms with Gasteiger partial charge in [0, 0.05) is 19.0 Å². The lowest BCUT2D eigenvalue weighted by Crippen LogP contribution is -2.40. The standard InChI is InChI=1S/C16H27NO/c1-12(6-7-14(3)18)9-15-10-13(2)16-5-4-8-17(16)11-15/h9,12-13,16H,4-8,10-11H2,1-3H3/b15-9-. The van der Waals surface area contributed by atoms with E-state index >= 15 is 0 Å². The number of allylic oxidation sites excluding steroid dienone is 1. The molecule has 2 heterocycles. The van der Waals surface area contributed by atoms with E-state index in [0.717, 1.165) is 24.8 Å². The molecule has 0 spiro atoms. The van der Waals surface area contributed by atoms with Gasteiger partial charge in [0.15, 0.2) is 0 Å². The van der Waals surface area contributed by atoms with E-state index < -0.39 is 0 Å². The van der Waals surface area contributed by atoms with Crippen LogP contribution in [0.15, 0.2) is 11.6 Å². The third-order valence-corrected chi connectivity index (χ3v) is 4.53. The number of fused-ring (bicyclic) bond motifs is 1. The molecule has 0 amide bonds. The summed E-state index contributed by atoms with van der Waals surface area (Å²) in [5.41, 5.74) is 1.61. The first-order chi connectivity index (χ1) is 8.56. The van der Waals surface area contributed by atoms with Gasteiger partial charge < -0.3 is 4.79 Å². The van der Waals surface area contributed by atoms with Crippen LogP contribution in [0.2, 0.25) is 0 Å². The van der Waals surface area contributed by atoms with Crippen LogP contribution in [0.1, 0.15) is 52.9 Å². The number of piperidine rings is 1. The summed E-state index contributed by atoms with van der Waals surface area (Å²) in [5, 5.41) is 0. The van der Waals surface area contributed by atoms with Crippen LogP contribution in [0, 0.1) is 11.8 Å². The number of hydrogen-bond donors (Lipinski definition) is 0. The van der Waals surface area contributed by atoms with Gasteiger partial charge in [-0.3, -0.25) is 4.90 Å². The van der Waals surface area contributed by atoms with Crippen LogP contribution >= 0.6 is 0 Å². The molecule has 102 valence electrons. The summed E-state index contributed by atoms with van der Waals surface area (Å²) in [6, 6.07) is 0.842. The van der Waals surface area contributed by atoms with E-state index in [2.05, 4.69) is 24.8 Å². The van der Waals surface area contributed by atoms with Crippen LogP contribution in [0.5, 0.6) is 0 Å². The summed E-state index contributed by atoms with van der Waals surface area (Å²) in [7, 11) is 0. The number of ketones is 1. The van der Waals surface area contributed by atoms with Gasteiger partial charge in [-0.2, -0.15) is 0 Å². The second-order valence-electron chi connectivity index (χ2n) is 6.40. The predicted octanol–water partition coefficient (Wildman–Crippen LogP) is 3.42. The molecule has 0 bridgehead atoms. The van der Waals surface area contributed by atoms with Crippen molar-refractivity contribution in [1.29, 1.82) is 0 Å². The zero-order valence-electron chi connectivity index (χ0n) is 12.1. The van der Waals surface area contributed by atoms with Crippen molar-refractivity contribution in [1.82, 2.24) is 4.90 Å². The Kier molecular flexibility index (Phi) is 4.60. The van der Waals surface area contributed by atoms with Crippen LogP contribution in [0.4, 0.5) is 0 Å². The average molecular weight is 249 g/mol. The lowest BCUT2D eigenvalue weighted by atomic mass is 9.86. The van der Waals surface area contributed by atoms with Gasteiger partial charge in [0.1, 0.15) is 5.78 Å². The topological polar surface area (TPSA) is 20.3 Å². The highest BCUT2D eigenvalue weighted by Crippen LogP contribution is 2.34. The van der Waals surface area contributed by atoms with E-state index in [1.165, 1.54) is 32.4 Å². The fraction of sp³-hybridized carbons (Fsp3) is 0.812. The Hall–Kier alpha value is -0.630. The van der Waals surface area contributed by atoms with Gasteiger partial charge in [0.2, 0.25) is 0 Å². The summed E-state index contributed by atoms with van der Waals surface area (Å²) in [6.45, 7) is 8.80. The molecule has 3 unspecified atom stereocenters. The summed E-state index contributed by atoms with van der Waals surface area (Å²) >= 11 is 0. The Morgan fingerprint density at radius 2 is 2.33 bits per heavy atom. The minimum Gasteiger partial charge on any atom is -0.300 e. The fourth-order valence-corrected chi connectivity index (χ4v) is 3.61. The van der Waals surface area contributed by atoms with E-state index in [1.54, 1.807) is 12.5 Å². The highest BCUT2D eigenvalue weighted by atomic mass is 16.1. The monoisotopic (exact) mass is 249 g/mol. The van der Waals surface area contributed by atoms with Gasteiger partial charge in [-0.1, -0.05) is 25.5 Å². The molecule has 0 N–H and O–H groups in total. The lowest BCUT2D eigenvalue weighted by Gasteiger charge is -2.36. The van der Waals surface area contributed by atoms with Crippen molar-refractivity contribution in [3.8, 4) is 0 Å². The zero-order chi connectivity index (χ0) is 13.1. The first-order valence-electron chi connectivity index (χ1n) is 7.49. The molecule has 2 rings (SSSR count). The SMILES string of the molecule is CC(=O)CCC(C)/C=C1/CC(C)C2CCCN2C1. The predicted molar refractivity (Wildman–Crippen MR) is 75.5 cm³/mol. The second kappa shape index (κ2) is 6.01. The van der Waals surface area contributed by atoms with Crippen LogP contribution in [0.25, 0.3) is 0 Å². The summed E-state index contributed by atoms with van der Waals surface area (Å²) < 4.78 is 0. The van der Waals surface area contributed by atoms with Gasteiger partial charge >= 0.3 is 0 Å². The van der Waals surface area contributed by atoms with E-state index in [9.17, 15) is 4.79 Å². The van der Waals surface area contributed by atoms with Crippen molar-refractivity contribution < 1.29 is 4.79 Å². The van der Waals surface area contributed by atoms with Gasteiger partial charge in [0.05, 0.1) is 0 Å². The maximum Gasteiger partial charge on any atom is 0.129 e. The van der Waals surface area contributed by atoms with Crippen LogP contribution < -0.4 is 0 Å². The molecule has 2 saturated heterocycles. The van der Waals surface area contributed by atoms with E-state index in [0.29, 0.717) is 11.7 Å². The Balaban J connectivity index is 1.90. The molecular formula is C16H27NO. The molecule has 3 atom stereocenters. The molecule has 0 radical (unpaired) electrons. The Labute approximate surface area is 111 Å². The lowest BCUT2D eigenvalue weighted by molar-refractivity contribution is -0.117. The second-order valence-corrected chi connectivity index (χ2v) is 6.40. The van der Waals surface area contributed by atoms with E-state index in [4.69, 9.17) is 0 Å². The molecule has 2 aliphatic heterocycles.